The van der Waals surface area contributed by atoms with E-state index in [1.165, 1.54) is 32.4 Å². The van der Waals surface area contributed by atoms with E-state index in [0.29, 0.717) is 0 Å². The van der Waals surface area contributed by atoms with E-state index < -0.39 is 0 Å². The Kier molecular flexibility index (Phi) is 2.96. The van der Waals surface area contributed by atoms with Gasteiger partial charge in [-0.15, -0.1) is 12.4 Å². The second kappa shape index (κ2) is 3.56. The Labute approximate surface area is 68.4 Å². The molecule has 0 aromatic heterocycles. The van der Waals surface area contributed by atoms with Crippen LogP contribution in [-0.4, -0.2) is 30.7 Å². The molecular weight excluding hydrogens is 148 g/mol. The summed E-state index contributed by atoms with van der Waals surface area (Å²) in [6, 6.07) is 0.888. The monoisotopic (exact) mass is 162 g/mol. The van der Waals surface area contributed by atoms with Crippen LogP contribution >= 0.6 is 12.4 Å². The highest BCUT2D eigenvalue weighted by Gasteiger charge is 2.25. The highest BCUT2D eigenvalue weighted by Crippen LogP contribution is 2.17. The van der Waals surface area contributed by atoms with Gasteiger partial charge in [0.25, 0.3) is 0 Å². The molecule has 0 amide bonds. The first-order chi connectivity index (χ1) is 4.47. The lowest BCUT2D eigenvalue weighted by atomic mass is 10.0. The van der Waals surface area contributed by atoms with E-state index in [1.807, 2.05) is 0 Å². The number of halogens is 1. The molecule has 0 aromatic rings. The fourth-order valence-electron chi connectivity index (χ4n) is 1.87. The van der Waals surface area contributed by atoms with Crippen molar-refractivity contribution in [1.82, 2.24) is 10.2 Å². The summed E-state index contributed by atoms with van der Waals surface area (Å²) in [7, 11) is 0. The molecule has 2 heterocycles. The van der Waals surface area contributed by atoms with E-state index in [1.54, 1.807) is 0 Å². The molecular formula is C7H15ClN2. The molecule has 1 N–H and O–H groups in total. The van der Waals surface area contributed by atoms with Gasteiger partial charge in [-0.1, -0.05) is 6.42 Å². The van der Waals surface area contributed by atoms with E-state index in [9.17, 15) is 0 Å². The van der Waals surface area contributed by atoms with Crippen molar-refractivity contribution >= 4 is 12.4 Å². The van der Waals surface area contributed by atoms with Crippen molar-refractivity contribution in [1.29, 1.82) is 0 Å². The summed E-state index contributed by atoms with van der Waals surface area (Å²) in [4.78, 5) is 2.56. The molecule has 0 aliphatic carbocycles. The number of piperidine rings is 1. The molecule has 1 atom stereocenters. The van der Waals surface area contributed by atoms with Crippen LogP contribution < -0.4 is 5.32 Å². The van der Waals surface area contributed by atoms with Crippen molar-refractivity contribution in [2.45, 2.75) is 25.3 Å². The molecule has 60 valence electrons. The molecule has 0 bridgehead atoms. The summed E-state index contributed by atoms with van der Waals surface area (Å²) in [6.45, 7) is 3.71. The molecule has 0 saturated carbocycles. The van der Waals surface area contributed by atoms with Crippen molar-refractivity contribution in [3.63, 3.8) is 0 Å². The first-order valence-corrected chi connectivity index (χ1v) is 3.91. The highest BCUT2D eigenvalue weighted by molar-refractivity contribution is 5.85. The Balaban J connectivity index is 0.000000500. The van der Waals surface area contributed by atoms with Crippen molar-refractivity contribution in [2.24, 2.45) is 0 Å². The van der Waals surface area contributed by atoms with Crippen LogP contribution in [0.2, 0.25) is 0 Å². The SMILES string of the molecule is C1CCN2CNCC2C1.Cl. The van der Waals surface area contributed by atoms with Crippen LogP contribution in [0.5, 0.6) is 0 Å². The molecule has 2 nitrogen and oxygen atoms in total. The predicted molar refractivity (Wildman–Crippen MR) is 44.5 cm³/mol. The number of hydrogen-bond acceptors (Lipinski definition) is 2. The van der Waals surface area contributed by atoms with Crippen LogP contribution in [0.25, 0.3) is 0 Å². The Bertz CT molecular complexity index is 95.8. The Morgan fingerprint density at radius 3 is 3.00 bits per heavy atom. The van der Waals surface area contributed by atoms with Crippen molar-refractivity contribution in [3.8, 4) is 0 Å². The lowest BCUT2D eigenvalue weighted by Gasteiger charge is -2.27. The van der Waals surface area contributed by atoms with Crippen LogP contribution in [0.15, 0.2) is 0 Å². The van der Waals surface area contributed by atoms with Crippen molar-refractivity contribution in [3.05, 3.63) is 0 Å². The molecule has 0 spiro atoms. The molecule has 1 unspecified atom stereocenters. The Morgan fingerprint density at radius 1 is 1.30 bits per heavy atom. The van der Waals surface area contributed by atoms with Gasteiger partial charge in [-0.2, -0.15) is 0 Å². The largest absolute Gasteiger partial charge is 0.303 e. The molecule has 2 rings (SSSR count). The smallest absolute Gasteiger partial charge is 0.0484 e. The highest BCUT2D eigenvalue weighted by atomic mass is 35.5. The number of nitrogens with one attached hydrogen (secondary N) is 1. The third kappa shape index (κ3) is 1.44. The summed E-state index contributed by atoms with van der Waals surface area (Å²) < 4.78 is 0. The normalized spacial score (nSPS) is 33.0. The van der Waals surface area contributed by atoms with Crippen LogP contribution in [0.3, 0.4) is 0 Å². The average molecular weight is 163 g/mol. The van der Waals surface area contributed by atoms with Gasteiger partial charge < -0.3 is 5.32 Å². The van der Waals surface area contributed by atoms with Crippen LogP contribution in [0.4, 0.5) is 0 Å². The lowest BCUT2D eigenvalue weighted by Crippen LogP contribution is -2.35. The van der Waals surface area contributed by atoms with E-state index in [4.69, 9.17) is 0 Å². The standard InChI is InChI=1S/C7H14N2.ClH/c1-2-4-9-6-8-5-7(9)3-1;/h7-8H,1-6H2;1H. The third-order valence-corrected chi connectivity index (χ3v) is 2.44. The molecule has 2 fully saturated rings. The van der Waals surface area contributed by atoms with Gasteiger partial charge in [0, 0.05) is 19.3 Å². The lowest BCUT2D eigenvalue weighted by molar-refractivity contribution is 0.203. The van der Waals surface area contributed by atoms with Crippen molar-refractivity contribution < 1.29 is 0 Å². The second-order valence-electron chi connectivity index (χ2n) is 3.07. The Morgan fingerprint density at radius 2 is 2.20 bits per heavy atom. The number of hydrogen-bond donors (Lipinski definition) is 1. The van der Waals surface area contributed by atoms with Gasteiger partial charge in [-0.25, -0.2) is 0 Å². The second-order valence-corrected chi connectivity index (χ2v) is 3.07. The predicted octanol–water partition coefficient (Wildman–Crippen LogP) is 0.823. The van der Waals surface area contributed by atoms with Crippen LogP contribution in [-0.2, 0) is 0 Å². The average Bonchev–Trinajstić information content (AvgIpc) is 2.33. The topological polar surface area (TPSA) is 15.3 Å². The number of rotatable bonds is 0. The maximum atomic E-state index is 3.39. The van der Waals surface area contributed by atoms with E-state index >= 15 is 0 Å². The first-order valence-electron chi connectivity index (χ1n) is 3.91. The maximum Gasteiger partial charge on any atom is 0.0484 e. The van der Waals surface area contributed by atoms with E-state index in [-0.39, 0.29) is 12.4 Å². The van der Waals surface area contributed by atoms with Gasteiger partial charge in [-0.05, 0) is 19.4 Å². The van der Waals surface area contributed by atoms with Gasteiger partial charge in [-0.3, -0.25) is 4.90 Å². The zero-order valence-corrected chi connectivity index (χ0v) is 6.99. The Hall–Kier alpha value is 0.210. The fraction of sp³-hybridized carbons (Fsp3) is 1.00. The number of nitrogens with zero attached hydrogens (tertiary/aromatic N) is 1. The van der Waals surface area contributed by atoms with E-state index in [0.717, 1.165) is 12.7 Å². The summed E-state index contributed by atoms with van der Waals surface area (Å²) in [5, 5.41) is 3.39. The molecule has 0 radical (unpaired) electrons. The molecule has 2 saturated heterocycles. The molecule has 2 aliphatic heterocycles. The minimum atomic E-state index is 0. The minimum absolute atomic E-state index is 0. The van der Waals surface area contributed by atoms with E-state index in [2.05, 4.69) is 10.2 Å². The maximum absolute atomic E-state index is 3.39. The molecule has 10 heavy (non-hydrogen) atoms. The first kappa shape index (κ1) is 8.31. The summed E-state index contributed by atoms with van der Waals surface area (Å²) in [5.74, 6) is 0. The zero-order chi connectivity index (χ0) is 6.10. The fourth-order valence-corrected chi connectivity index (χ4v) is 1.87. The zero-order valence-electron chi connectivity index (χ0n) is 6.18. The van der Waals surface area contributed by atoms with Gasteiger partial charge in [0.1, 0.15) is 0 Å². The van der Waals surface area contributed by atoms with Crippen molar-refractivity contribution in [2.75, 3.05) is 19.8 Å². The van der Waals surface area contributed by atoms with Gasteiger partial charge in [0.15, 0.2) is 0 Å². The summed E-state index contributed by atoms with van der Waals surface area (Å²) >= 11 is 0. The minimum Gasteiger partial charge on any atom is -0.303 e. The summed E-state index contributed by atoms with van der Waals surface area (Å²) in [6.07, 6.45) is 4.29. The molecule has 3 heteroatoms. The quantitative estimate of drug-likeness (QED) is 0.568. The van der Waals surface area contributed by atoms with Crippen LogP contribution in [0, 0.1) is 0 Å². The molecule has 2 aliphatic rings. The van der Waals surface area contributed by atoms with Gasteiger partial charge in [0.05, 0.1) is 0 Å². The van der Waals surface area contributed by atoms with Gasteiger partial charge in [0.2, 0.25) is 0 Å². The van der Waals surface area contributed by atoms with Gasteiger partial charge >= 0.3 is 0 Å². The van der Waals surface area contributed by atoms with Crippen LogP contribution in [0.1, 0.15) is 19.3 Å². The third-order valence-electron chi connectivity index (χ3n) is 2.44. The summed E-state index contributed by atoms with van der Waals surface area (Å²) in [5.41, 5.74) is 0. The number of fused-ring (bicyclic) bond motifs is 1. The molecule has 0 aromatic carbocycles.